The Morgan fingerprint density at radius 1 is 0.709 bits per heavy atom. The van der Waals surface area contributed by atoms with Gasteiger partial charge in [0.15, 0.2) is 23.4 Å². The fourth-order valence-corrected chi connectivity index (χ4v) is 5.97. The first-order valence-electron chi connectivity index (χ1n) is 16.6. The fraction of sp³-hybridized carbons (Fsp3) is 0.361. The molecule has 6 rings (SSSR count). The van der Waals surface area contributed by atoms with E-state index in [2.05, 4.69) is 0 Å². The van der Waals surface area contributed by atoms with Gasteiger partial charge in [-0.25, -0.2) is 4.79 Å². The SMILES string of the molecule is O=C(/C=C/c1ccc(O)cc1)OC[C@H]1O[C@@H](Oc2cc(O)cc3c2C=C(O[C@@H]2O[C@H](CO)[C@@H](O)[C@H](O)[C@H]2O)C(c2cc(O)c(O)c(O)c2)O3)[C@H](O)[C@@H](O)[C@@H]1O. The second-order valence-electron chi connectivity index (χ2n) is 12.8. The molecule has 3 aromatic rings. The molecule has 0 radical (unpaired) electrons. The van der Waals surface area contributed by atoms with Crippen molar-refractivity contribution in [2.45, 2.75) is 67.5 Å². The Morgan fingerprint density at radius 2 is 1.31 bits per heavy atom. The second kappa shape index (κ2) is 16.2. The van der Waals surface area contributed by atoms with Crippen LogP contribution in [0.3, 0.4) is 0 Å². The molecule has 3 aliphatic rings. The highest BCUT2D eigenvalue weighted by atomic mass is 16.7. The number of benzene rings is 3. The third-order valence-corrected chi connectivity index (χ3v) is 8.98. The molecule has 11 atom stereocenters. The molecule has 0 aromatic heterocycles. The van der Waals surface area contributed by atoms with Crippen LogP contribution in [0.5, 0.6) is 40.2 Å². The zero-order chi connectivity index (χ0) is 39.7. The van der Waals surface area contributed by atoms with Crippen molar-refractivity contribution >= 4 is 18.1 Å². The van der Waals surface area contributed by atoms with Crippen molar-refractivity contribution in [3.8, 4) is 40.2 Å². The third-order valence-electron chi connectivity index (χ3n) is 8.98. The van der Waals surface area contributed by atoms with E-state index in [-0.39, 0.29) is 34.1 Å². The van der Waals surface area contributed by atoms with Gasteiger partial charge in [0.05, 0.1) is 12.2 Å². The van der Waals surface area contributed by atoms with Crippen molar-refractivity contribution in [1.29, 1.82) is 0 Å². The summed E-state index contributed by atoms with van der Waals surface area (Å²) < 4.78 is 34.2. The summed E-state index contributed by atoms with van der Waals surface area (Å²) in [5.74, 6) is -4.42. The lowest BCUT2D eigenvalue weighted by Gasteiger charge is -2.41. The van der Waals surface area contributed by atoms with Crippen LogP contribution in [0.1, 0.15) is 22.8 Å². The van der Waals surface area contributed by atoms with Gasteiger partial charge in [-0.3, -0.25) is 0 Å². The van der Waals surface area contributed by atoms with E-state index in [9.17, 15) is 66.1 Å². The molecular weight excluding hydrogens is 736 g/mol. The molecule has 3 aliphatic heterocycles. The van der Waals surface area contributed by atoms with Crippen LogP contribution < -0.4 is 9.47 Å². The van der Waals surface area contributed by atoms with Gasteiger partial charge in [0.2, 0.25) is 12.6 Å². The molecule has 2 fully saturated rings. The van der Waals surface area contributed by atoms with E-state index in [0.29, 0.717) is 5.56 Å². The number of hydrogen-bond donors (Lipinski definition) is 12. The number of ether oxygens (including phenoxy) is 6. The first-order chi connectivity index (χ1) is 26.1. The molecule has 3 heterocycles. The van der Waals surface area contributed by atoms with Crippen LogP contribution in [0.4, 0.5) is 0 Å². The highest BCUT2D eigenvalue weighted by molar-refractivity contribution is 5.87. The molecule has 2 saturated heterocycles. The summed E-state index contributed by atoms with van der Waals surface area (Å²) in [4.78, 5) is 12.4. The topological polar surface area (TPSA) is 315 Å². The minimum atomic E-state index is -1.91. The van der Waals surface area contributed by atoms with Crippen molar-refractivity contribution in [3.63, 3.8) is 0 Å². The maximum absolute atomic E-state index is 12.4. The van der Waals surface area contributed by atoms with Gasteiger partial charge in [-0.2, -0.15) is 0 Å². The normalized spacial score (nSPS) is 30.5. The zero-order valence-electron chi connectivity index (χ0n) is 28.3. The first kappa shape index (κ1) is 39.3. The summed E-state index contributed by atoms with van der Waals surface area (Å²) in [6.45, 7) is -1.40. The van der Waals surface area contributed by atoms with Crippen LogP contribution >= 0.6 is 0 Å². The number of phenolic OH excluding ortho intramolecular Hbond substituents is 5. The third kappa shape index (κ3) is 8.34. The number of aromatic hydroxyl groups is 5. The minimum absolute atomic E-state index is 0.0258. The number of aliphatic hydroxyl groups excluding tert-OH is 7. The van der Waals surface area contributed by atoms with Gasteiger partial charge in [-0.05, 0) is 42.0 Å². The number of aliphatic hydroxyl groups is 7. The van der Waals surface area contributed by atoms with Crippen LogP contribution in [0, 0.1) is 0 Å². The number of fused-ring (bicyclic) bond motifs is 1. The minimum Gasteiger partial charge on any atom is -0.508 e. The molecule has 0 amide bonds. The average Bonchev–Trinajstić information content (AvgIpc) is 3.16. The molecule has 12 N–H and O–H groups in total. The maximum Gasteiger partial charge on any atom is 0.330 e. The molecule has 0 saturated carbocycles. The van der Waals surface area contributed by atoms with Crippen LogP contribution in [0.15, 0.2) is 60.4 Å². The largest absolute Gasteiger partial charge is 0.508 e. The van der Waals surface area contributed by atoms with Gasteiger partial charge >= 0.3 is 5.97 Å². The predicted octanol–water partition coefficient (Wildman–Crippen LogP) is -1.05. The van der Waals surface area contributed by atoms with Gasteiger partial charge in [0.25, 0.3) is 0 Å². The lowest BCUT2D eigenvalue weighted by molar-refractivity contribution is -0.293. The van der Waals surface area contributed by atoms with Crippen LogP contribution in [-0.4, -0.2) is 142 Å². The number of phenols is 5. The number of rotatable bonds is 10. The van der Waals surface area contributed by atoms with E-state index in [1.165, 1.54) is 24.3 Å². The van der Waals surface area contributed by atoms with Crippen LogP contribution in [0.25, 0.3) is 12.2 Å². The lowest BCUT2D eigenvalue weighted by Crippen LogP contribution is -2.60. The highest BCUT2D eigenvalue weighted by Gasteiger charge is 2.47. The molecule has 55 heavy (non-hydrogen) atoms. The van der Waals surface area contributed by atoms with E-state index < -0.39 is 110 Å². The standard InChI is InChI=1S/C36H38O19/c37-12-24-28(44)30(46)32(48)36(54-24)53-23-11-18-21(51-34(23)15-7-19(40)27(43)20(41)8-15)9-17(39)10-22(18)52-35-33(49)31(47)29(45)25(55-35)13-50-26(42)6-3-14-1-4-16(38)5-2-14/h1-11,24-25,28-41,43-49H,12-13H2/b6-3+/t24-,25-,28-,29-,30+,31+,32-,33-,34?,35-,36-/m1/s1. The van der Waals surface area contributed by atoms with E-state index >= 15 is 0 Å². The van der Waals surface area contributed by atoms with Gasteiger partial charge in [-0.1, -0.05) is 12.1 Å². The molecule has 19 heteroatoms. The number of esters is 1. The Balaban J connectivity index is 1.28. The molecule has 296 valence electrons. The van der Waals surface area contributed by atoms with E-state index in [1.807, 2.05) is 0 Å². The van der Waals surface area contributed by atoms with Crippen molar-refractivity contribution in [2.75, 3.05) is 13.2 Å². The van der Waals surface area contributed by atoms with Gasteiger partial charge < -0.3 is 89.7 Å². The van der Waals surface area contributed by atoms with Crippen molar-refractivity contribution < 1.29 is 94.5 Å². The Hall–Kier alpha value is -5.35. The van der Waals surface area contributed by atoms with E-state index in [1.54, 1.807) is 12.1 Å². The Kier molecular flexibility index (Phi) is 11.6. The number of carbonyl (C=O) groups excluding carboxylic acids is 1. The maximum atomic E-state index is 12.4. The van der Waals surface area contributed by atoms with Crippen molar-refractivity contribution in [2.24, 2.45) is 0 Å². The molecular formula is C36H38O19. The first-order valence-corrected chi connectivity index (χ1v) is 16.6. The predicted molar refractivity (Wildman–Crippen MR) is 181 cm³/mol. The lowest BCUT2D eigenvalue weighted by atomic mass is 9.98. The summed E-state index contributed by atoms with van der Waals surface area (Å²) in [6, 6.07) is 10.1. The Bertz CT molecular complexity index is 1890. The molecule has 19 nitrogen and oxygen atoms in total. The Labute approximate surface area is 310 Å². The summed E-state index contributed by atoms with van der Waals surface area (Å²) in [5.41, 5.74) is 0.466. The van der Waals surface area contributed by atoms with E-state index in [0.717, 1.165) is 30.3 Å². The van der Waals surface area contributed by atoms with Crippen molar-refractivity contribution in [1.82, 2.24) is 0 Å². The number of hydrogen-bond acceptors (Lipinski definition) is 19. The quantitative estimate of drug-likeness (QED) is 0.0664. The second-order valence-corrected chi connectivity index (χ2v) is 12.8. The average molecular weight is 775 g/mol. The fourth-order valence-electron chi connectivity index (χ4n) is 5.97. The molecule has 0 aliphatic carbocycles. The molecule has 0 spiro atoms. The summed E-state index contributed by atoms with van der Waals surface area (Å²) in [6.07, 6.45) is -15.2. The highest BCUT2D eigenvalue weighted by Crippen LogP contribution is 2.47. The molecule has 1 unspecified atom stereocenters. The van der Waals surface area contributed by atoms with Crippen molar-refractivity contribution in [3.05, 3.63) is 77.1 Å². The van der Waals surface area contributed by atoms with Crippen LogP contribution in [-0.2, 0) is 23.7 Å². The summed E-state index contributed by atoms with van der Waals surface area (Å²) in [7, 11) is 0. The van der Waals surface area contributed by atoms with Gasteiger partial charge in [-0.15, -0.1) is 0 Å². The van der Waals surface area contributed by atoms with Gasteiger partial charge in [0.1, 0.15) is 84.2 Å². The van der Waals surface area contributed by atoms with E-state index in [4.69, 9.17) is 28.4 Å². The monoisotopic (exact) mass is 774 g/mol. The summed E-state index contributed by atoms with van der Waals surface area (Å²) >= 11 is 0. The molecule has 0 bridgehead atoms. The Morgan fingerprint density at radius 3 is 1.95 bits per heavy atom. The number of carbonyl (C=O) groups is 1. The molecule has 3 aromatic carbocycles. The smallest absolute Gasteiger partial charge is 0.330 e. The summed E-state index contributed by atoms with van der Waals surface area (Å²) in [5, 5.41) is 124. The van der Waals surface area contributed by atoms with Gasteiger partial charge in [0, 0.05) is 23.8 Å². The zero-order valence-corrected chi connectivity index (χ0v) is 28.3. The van der Waals surface area contributed by atoms with Crippen LogP contribution in [0.2, 0.25) is 0 Å².